The van der Waals surface area contributed by atoms with Gasteiger partial charge in [-0.15, -0.1) is 24.0 Å². The van der Waals surface area contributed by atoms with Crippen molar-refractivity contribution in [1.29, 1.82) is 0 Å². The fraction of sp³-hybridized carbons (Fsp3) is 0.400. The first kappa shape index (κ1) is 19.7. The molecule has 1 aromatic carbocycles. The van der Waals surface area contributed by atoms with Gasteiger partial charge in [0.05, 0.1) is 0 Å². The number of nitrogens with one attached hydrogen (secondary N) is 1. The van der Waals surface area contributed by atoms with E-state index in [4.69, 9.17) is 5.73 Å². The molecule has 1 atom stereocenters. The van der Waals surface area contributed by atoms with Crippen LogP contribution in [0.15, 0.2) is 47.7 Å². The Kier molecular flexibility index (Phi) is 7.23. The number of aliphatic imine (C=N–C) groups is 1. The lowest BCUT2D eigenvalue weighted by molar-refractivity contribution is 0.506. The number of aryl methyl sites for hydroxylation is 2. The number of hydrogen-bond acceptors (Lipinski definition) is 2. The molecule has 0 aliphatic heterocycles. The van der Waals surface area contributed by atoms with Crippen LogP contribution in [0.4, 0.5) is 5.69 Å². The molecule has 0 spiro atoms. The van der Waals surface area contributed by atoms with Crippen molar-refractivity contribution in [2.24, 2.45) is 16.6 Å². The zero-order valence-electron chi connectivity index (χ0n) is 14.9. The molecule has 0 saturated carbocycles. The van der Waals surface area contributed by atoms with Crippen LogP contribution in [0.25, 0.3) is 0 Å². The molecule has 1 unspecified atom stereocenters. The average molecular weight is 450 g/mol. The Morgan fingerprint density at radius 3 is 2.76 bits per heavy atom. The third-order valence-corrected chi connectivity index (χ3v) is 4.75. The van der Waals surface area contributed by atoms with Crippen LogP contribution >= 0.6 is 24.0 Å². The van der Waals surface area contributed by atoms with Gasteiger partial charge in [-0.25, -0.2) is 0 Å². The molecule has 3 rings (SSSR count). The van der Waals surface area contributed by atoms with E-state index in [1.54, 1.807) is 6.20 Å². The maximum atomic E-state index is 6.10. The summed E-state index contributed by atoms with van der Waals surface area (Å²) in [6.07, 6.45) is 7.33. The normalized spacial score (nSPS) is 14.8. The van der Waals surface area contributed by atoms with E-state index in [0.29, 0.717) is 24.3 Å². The molecule has 5 heteroatoms. The van der Waals surface area contributed by atoms with Crippen molar-refractivity contribution in [3.8, 4) is 0 Å². The first-order valence-corrected chi connectivity index (χ1v) is 8.72. The van der Waals surface area contributed by atoms with Crippen molar-refractivity contribution in [1.82, 2.24) is 4.98 Å². The summed E-state index contributed by atoms with van der Waals surface area (Å²) in [7, 11) is 0. The molecule has 3 N–H and O–H groups in total. The first-order chi connectivity index (χ1) is 11.6. The minimum absolute atomic E-state index is 0. The van der Waals surface area contributed by atoms with Crippen molar-refractivity contribution in [2.45, 2.75) is 39.0 Å². The van der Waals surface area contributed by atoms with Gasteiger partial charge in [-0.2, -0.15) is 0 Å². The van der Waals surface area contributed by atoms with Gasteiger partial charge in [0.1, 0.15) is 0 Å². The lowest BCUT2D eigenvalue weighted by Crippen LogP contribution is -2.24. The fourth-order valence-electron chi connectivity index (χ4n) is 3.33. The predicted molar refractivity (Wildman–Crippen MR) is 116 cm³/mol. The maximum absolute atomic E-state index is 6.10. The van der Waals surface area contributed by atoms with Gasteiger partial charge in [-0.05, 0) is 60.1 Å². The molecular formula is C20H27IN4. The van der Waals surface area contributed by atoms with Crippen LogP contribution in [0.2, 0.25) is 0 Å². The summed E-state index contributed by atoms with van der Waals surface area (Å²) in [4.78, 5) is 8.79. The van der Waals surface area contributed by atoms with Gasteiger partial charge in [0.25, 0.3) is 0 Å². The number of benzene rings is 1. The Balaban J connectivity index is 0.00000225. The van der Waals surface area contributed by atoms with E-state index in [1.165, 1.54) is 36.0 Å². The summed E-state index contributed by atoms with van der Waals surface area (Å²) < 4.78 is 0. The summed E-state index contributed by atoms with van der Waals surface area (Å²) >= 11 is 0. The van der Waals surface area contributed by atoms with E-state index >= 15 is 0 Å². The van der Waals surface area contributed by atoms with Crippen LogP contribution in [0, 0.1) is 5.92 Å². The highest BCUT2D eigenvalue weighted by Gasteiger charge is 2.16. The lowest BCUT2D eigenvalue weighted by Gasteiger charge is -2.19. The molecule has 25 heavy (non-hydrogen) atoms. The van der Waals surface area contributed by atoms with Crippen molar-refractivity contribution >= 4 is 35.6 Å². The average Bonchev–Trinajstić information content (AvgIpc) is 3.03. The van der Waals surface area contributed by atoms with E-state index < -0.39 is 0 Å². The maximum Gasteiger partial charge on any atom is 0.193 e. The van der Waals surface area contributed by atoms with Gasteiger partial charge >= 0.3 is 0 Å². The molecule has 1 aliphatic carbocycles. The summed E-state index contributed by atoms with van der Waals surface area (Å²) in [6.45, 7) is 5.07. The van der Waals surface area contributed by atoms with E-state index in [1.807, 2.05) is 12.3 Å². The van der Waals surface area contributed by atoms with E-state index in [-0.39, 0.29) is 24.0 Å². The molecule has 0 amide bonds. The van der Waals surface area contributed by atoms with Gasteiger partial charge in [-0.1, -0.05) is 26.0 Å². The molecule has 1 aromatic heterocycles. The second-order valence-electron chi connectivity index (χ2n) is 6.82. The van der Waals surface area contributed by atoms with Crippen molar-refractivity contribution < 1.29 is 0 Å². The minimum atomic E-state index is 0. The van der Waals surface area contributed by atoms with Gasteiger partial charge in [0, 0.05) is 30.5 Å². The van der Waals surface area contributed by atoms with Gasteiger partial charge in [0.2, 0.25) is 0 Å². The Labute approximate surface area is 167 Å². The molecular weight excluding hydrogens is 423 g/mol. The Morgan fingerprint density at radius 2 is 2.04 bits per heavy atom. The standard InChI is InChI=1S/C20H26N4.HI/c1-14(2)19(17-7-4-10-22-12-17)13-23-20(21)24-18-9-8-15-5-3-6-16(15)11-18;/h4,7-12,14,19H,3,5-6,13H2,1-2H3,(H3,21,23,24);1H. The molecule has 0 saturated heterocycles. The van der Waals surface area contributed by atoms with Crippen LogP contribution in [-0.4, -0.2) is 17.5 Å². The predicted octanol–water partition coefficient (Wildman–Crippen LogP) is 4.35. The number of aromatic nitrogens is 1. The van der Waals surface area contributed by atoms with Crippen molar-refractivity contribution in [2.75, 3.05) is 11.9 Å². The number of nitrogens with zero attached hydrogens (tertiary/aromatic N) is 2. The Hall–Kier alpha value is -1.63. The number of hydrogen-bond donors (Lipinski definition) is 2. The monoisotopic (exact) mass is 450 g/mol. The number of nitrogens with two attached hydrogens (primary N) is 1. The van der Waals surface area contributed by atoms with E-state index in [0.717, 1.165) is 5.69 Å². The molecule has 134 valence electrons. The largest absolute Gasteiger partial charge is 0.370 e. The van der Waals surface area contributed by atoms with Crippen molar-refractivity contribution in [3.63, 3.8) is 0 Å². The second kappa shape index (κ2) is 9.17. The summed E-state index contributed by atoms with van der Waals surface area (Å²) in [5, 5.41) is 3.23. The molecule has 1 aliphatic rings. The molecule has 1 heterocycles. The van der Waals surface area contributed by atoms with E-state index in [2.05, 4.69) is 53.4 Å². The van der Waals surface area contributed by atoms with Crippen LogP contribution in [-0.2, 0) is 12.8 Å². The highest BCUT2D eigenvalue weighted by Crippen LogP contribution is 2.25. The molecule has 0 fully saturated rings. The smallest absolute Gasteiger partial charge is 0.193 e. The number of pyridine rings is 1. The fourth-order valence-corrected chi connectivity index (χ4v) is 3.33. The summed E-state index contributed by atoms with van der Waals surface area (Å²) in [6, 6.07) is 10.6. The first-order valence-electron chi connectivity index (χ1n) is 8.72. The van der Waals surface area contributed by atoms with Crippen LogP contribution in [0.1, 0.15) is 42.9 Å². The van der Waals surface area contributed by atoms with Gasteiger partial charge in [-0.3, -0.25) is 9.98 Å². The number of guanidine groups is 1. The Morgan fingerprint density at radius 1 is 1.24 bits per heavy atom. The zero-order valence-corrected chi connectivity index (χ0v) is 17.2. The molecule has 4 nitrogen and oxygen atoms in total. The number of anilines is 1. The third kappa shape index (κ3) is 5.17. The van der Waals surface area contributed by atoms with Crippen LogP contribution in [0.3, 0.4) is 0 Å². The highest BCUT2D eigenvalue weighted by molar-refractivity contribution is 14.0. The SMILES string of the molecule is CC(C)C(CN=C(N)Nc1ccc2c(c1)CCC2)c1cccnc1.I. The molecule has 0 bridgehead atoms. The lowest BCUT2D eigenvalue weighted by atomic mass is 9.89. The minimum Gasteiger partial charge on any atom is -0.370 e. The van der Waals surface area contributed by atoms with E-state index in [9.17, 15) is 0 Å². The van der Waals surface area contributed by atoms with Crippen LogP contribution in [0.5, 0.6) is 0 Å². The highest BCUT2D eigenvalue weighted by atomic mass is 127. The van der Waals surface area contributed by atoms with Gasteiger partial charge in [0.15, 0.2) is 5.96 Å². The summed E-state index contributed by atoms with van der Waals surface area (Å²) in [5.74, 6) is 1.27. The quantitative estimate of drug-likeness (QED) is 0.405. The van der Waals surface area contributed by atoms with Gasteiger partial charge < -0.3 is 11.1 Å². The summed E-state index contributed by atoms with van der Waals surface area (Å²) in [5.41, 5.74) is 11.2. The Bertz CT molecular complexity index is 713. The second-order valence-corrected chi connectivity index (χ2v) is 6.82. The third-order valence-electron chi connectivity index (χ3n) is 4.75. The molecule has 2 aromatic rings. The van der Waals surface area contributed by atoms with Crippen LogP contribution < -0.4 is 11.1 Å². The number of rotatable bonds is 5. The number of fused-ring (bicyclic) bond motifs is 1. The number of halogens is 1. The van der Waals surface area contributed by atoms with Crippen molar-refractivity contribution in [3.05, 3.63) is 59.4 Å². The zero-order chi connectivity index (χ0) is 16.9. The topological polar surface area (TPSA) is 63.3 Å². The molecule has 0 radical (unpaired) electrons.